The number of hydrogen-bond acceptors (Lipinski definition) is 6. The van der Waals surface area contributed by atoms with Gasteiger partial charge in [-0.2, -0.15) is 5.26 Å². The Morgan fingerprint density at radius 3 is 2.35 bits per heavy atom. The fourth-order valence-electron chi connectivity index (χ4n) is 2.36. The summed E-state index contributed by atoms with van der Waals surface area (Å²) >= 11 is 7.35. The van der Waals surface area contributed by atoms with Gasteiger partial charge in [0.05, 0.1) is 12.8 Å². The lowest BCUT2D eigenvalue weighted by Gasteiger charge is -2.12. The van der Waals surface area contributed by atoms with Crippen LogP contribution in [0, 0.1) is 11.3 Å². The number of thioether (sulfide) groups is 1. The molecule has 130 valence electrons. The van der Waals surface area contributed by atoms with E-state index in [-0.39, 0.29) is 0 Å². The van der Waals surface area contributed by atoms with E-state index in [4.69, 9.17) is 16.3 Å². The van der Waals surface area contributed by atoms with Crippen molar-refractivity contribution in [2.45, 2.75) is 5.16 Å². The Labute approximate surface area is 161 Å². The summed E-state index contributed by atoms with van der Waals surface area (Å²) in [7, 11) is 1.61. The molecule has 1 N–H and O–H groups in total. The van der Waals surface area contributed by atoms with Crippen LogP contribution in [0.1, 0.15) is 5.56 Å². The molecule has 1 aromatic heterocycles. The molecule has 0 aliphatic rings. The number of nitriles is 1. The number of aromatic nitrogens is 2. The average Bonchev–Trinajstić information content (AvgIpc) is 2.69. The van der Waals surface area contributed by atoms with Crippen molar-refractivity contribution in [3.63, 3.8) is 0 Å². The van der Waals surface area contributed by atoms with E-state index in [0.29, 0.717) is 27.3 Å². The first kappa shape index (κ1) is 18.1. The highest BCUT2D eigenvalue weighted by molar-refractivity contribution is 7.98. The zero-order valence-electron chi connectivity index (χ0n) is 14.2. The van der Waals surface area contributed by atoms with E-state index < -0.39 is 0 Å². The SMILES string of the molecule is COc1ccc(-c2nc(SC)nc(Nc3ccc(Cl)cc3)c2C#N)cc1. The van der Waals surface area contributed by atoms with Crippen molar-refractivity contribution in [2.24, 2.45) is 0 Å². The van der Waals surface area contributed by atoms with Crippen molar-refractivity contribution in [1.29, 1.82) is 5.26 Å². The average molecular weight is 383 g/mol. The van der Waals surface area contributed by atoms with Crippen LogP contribution in [0.25, 0.3) is 11.3 Å². The van der Waals surface area contributed by atoms with Gasteiger partial charge in [0.1, 0.15) is 17.4 Å². The first-order chi connectivity index (χ1) is 12.6. The molecule has 0 spiro atoms. The van der Waals surface area contributed by atoms with Crippen molar-refractivity contribution < 1.29 is 4.74 Å². The largest absolute Gasteiger partial charge is 0.497 e. The van der Waals surface area contributed by atoms with Gasteiger partial charge in [0.25, 0.3) is 0 Å². The van der Waals surface area contributed by atoms with Gasteiger partial charge in [-0.05, 0) is 54.8 Å². The van der Waals surface area contributed by atoms with Gasteiger partial charge in [-0.1, -0.05) is 23.4 Å². The third-order valence-electron chi connectivity index (χ3n) is 3.65. The molecule has 0 aliphatic carbocycles. The predicted octanol–water partition coefficient (Wildman–Crippen LogP) is 5.14. The van der Waals surface area contributed by atoms with Gasteiger partial charge >= 0.3 is 0 Å². The lowest BCUT2D eigenvalue weighted by Crippen LogP contribution is -2.03. The predicted molar refractivity (Wildman–Crippen MR) is 105 cm³/mol. The van der Waals surface area contributed by atoms with Gasteiger partial charge in [0.15, 0.2) is 11.0 Å². The van der Waals surface area contributed by atoms with Crippen LogP contribution in [-0.2, 0) is 0 Å². The summed E-state index contributed by atoms with van der Waals surface area (Å²) in [4.78, 5) is 8.99. The molecule has 1 heterocycles. The molecule has 0 saturated heterocycles. The Morgan fingerprint density at radius 1 is 1.08 bits per heavy atom. The molecule has 2 aromatic carbocycles. The van der Waals surface area contributed by atoms with Crippen molar-refractivity contribution in [1.82, 2.24) is 9.97 Å². The van der Waals surface area contributed by atoms with Gasteiger partial charge in [0, 0.05) is 16.3 Å². The summed E-state index contributed by atoms with van der Waals surface area (Å²) < 4.78 is 5.19. The number of nitrogens with one attached hydrogen (secondary N) is 1. The number of methoxy groups -OCH3 is 1. The summed E-state index contributed by atoms with van der Waals surface area (Å²) in [6.07, 6.45) is 1.89. The zero-order chi connectivity index (χ0) is 18.5. The van der Waals surface area contributed by atoms with Crippen molar-refractivity contribution >= 4 is 34.9 Å². The van der Waals surface area contributed by atoms with E-state index in [2.05, 4.69) is 21.4 Å². The molecule has 3 aromatic rings. The number of benzene rings is 2. The number of halogens is 1. The van der Waals surface area contributed by atoms with E-state index in [1.165, 1.54) is 11.8 Å². The molecule has 0 bridgehead atoms. The summed E-state index contributed by atoms with van der Waals surface area (Å²) in [5, 5.41) is 14.1. The van der Waals surface area contributed by atoms with E-state index in [9.17, 15) is 5.26 Å². The number of rotatable bonds is 5. The van der Waals surface area contributed by atoms with E-state index >= 15 is 0 Å². The van der Waals surface area contributed by atoms with Crippen LogP contribution in [0.4, 0.5) is 11.5 Å². The normalized spacial score (nSPS) is 10.2. The summed E-state index contributed by atoms with van der Waals surface area (Å²) in [6.45, 7) is 0. The Bertz CT molecular complexity index is 953. The van der Waals surface area contributed by atoms with Crippen LogP contribution in [-0.4, -0.2) is 23.3 Å². The summed E-state index contributed by atoms with van der Waals surface area (Å²) in [6, 6.07) is 16.9. The van der Waals surface area contributed by atoms with Crippen LogP contribution in [0.5, 0.6) is 5.75 Å². The molecule has 7 heteroatoms. The molecule has 0 saturated carbocycles. The lowest BCUT2D eigenvalue weighted by atomic mass is 10.1. The third kappa shape index (κ3) is 3.90. The van der Waals surface area contributed by atoms with E-state index in [0.717, 1.165) is 17.0 Å². The molecule has 5 nitrogen and oxygen atoms in total. The van der Waals surface area contributed by atoms with Crippen LogP contribution >= 0.6 is 23.4 Å². The molecule has 0 radical (unpaired) electrons. The minimum absolute atomic E-state index is 0.378. The highest BCUT2D eigenvalue weighted by Crippen LogP contribution is 2.31. The fraction of sp³-hybridized carbons (Fsp3) is 0.105. The Kier molecular flexibility index (Phi) is 5.61. The molecular weight excluding hydrogens is 368 g/mol. The zero-order valence-corrected chi connectivity index (χ0v) is 15.7. The number of nitrogens with zero attached hydrogens (tertiary/aromatic N) is 3. The van der Waals surface area contributed by atoms with E-state index in [1.807, 2.05) is 42.7 Å². The van der Waals surface area contributed by atoms with Gasteiger partial charge in [-0.15, -0.1) is 0 Å². The Balaban J connectivity index is 2.09. The highest BCUT2D eigenvalue weighted by atomic mass is 35.5. The molecule has 0 atom stereocenters. The van der Waals surface area contributed by atoms with Gasteiger partial charge in [-0.25, -0.2) is 9.97 Å². The van der Waals surface area contributed by atoms with Gasteiger partial charge < -0.3 is 10.1 Å². The first-order valence-electron chi connectivity index (χ1n) is 7.67. The monoisotopic (exact) mass is 382 g/mol. The molecular formula is C19H15ClN4OS. The number of anilines is 2. The maximum absolute atomic E-state index is 9.72. The Hall–Kier alpha value is -2.75. The molecule has 3 rings (SSSR count). The van der Waals surface area contributed by atoms with Crippen LogP contribution < -0.4 is 10.1 Å². The second kappa shape index (κ2) is 8.09. The van der Waals surface area contributed by atoms with Gasteiger partial charge in [-0.3, -0.25) is 0 Å². The second-order valence-corrected chi connectivity index (χ2v) is 6.46. The Morgan fingerprint density at radius 2 is 1.77 bits per heavy atom. The van der Waals surface area contributed by atoms with Crippen LogP contribution in [0.3, 0.4) is 0 Å². The molecule has 26 heavy (non-hydrogen) atoms. The molecule has 0 fully saturated rings. The molecule has 0 aliphatic heterocycles. The topological polar surface area (TPSA) is 70.8 Å². The molecule has 0 unspecified atom stereocenters. The van der Waals surface area contributed by atoms with Crippen LogP contribution in [0.2, 0.25) is 5.02 Å². The fourth-order valence-corrected chi connectivity index (χ4v) is 2.85. The number of ether oxygens (including phenoxy) is 1. The first-order valence-corrected chi connectivity index (χ1v) is 9.28. The summed E-state index contributed by atoms with van der Waals surface area (Å²) in [5.74, 6) is 1.20. The highest BCUT2D eigenvalue weighted by Gasteiger charge is 2.16. The number of hydrogen-bond donors (Lipinski definition) is 1. The minimum atomic E-state index is 0.378. The smallest absolute Gasteiger partial charge is 0.189 e. The maximum atomic E-state index is 9.72. The van der Waals surface area contributed by atoms with Gasteiger partial charge in [0.2, 0.25) is 0 Å². The second-order valence-electron chi connectivity index (χ2n) is 5.25. The third-order valence-corrected chi connectivity index (χ3v) is 4.45. The van der Waals surface area contributed by atoms with Crippen molar-refractivity contribution in [2.75, 3.05) is 18.7 Å². The van der Waals surface area contributed by atoms with Crippen molar-refractivity contribution in [3.05, 3.63) is 59.1 Å². The van der Waals surface area contributed by atoms with Crippen molar-refractivity contribution in [3.8, 4) is 23.1 Å². The minimum Gasteiger partial charge on any atom is -0.497 e. The molecule has 0 amide bonds. The lowest BCUT2D eigenvalue weighted by molar-refractivity contribution is 0.415. The standard InChI is InChI=1S/C19H15ClN4OS/c1-25-15-9-3-12(4-10-15)17-16(11-21)18(24-19(23-17)26-2)22-14-7-5-13(20)6-8-14/h3-10H,1-2H3,(H,22,23,24). The van der Waals surface area contributed by atoms with E-state index in [1.54, 1.807) is 19.2 Å². The summed E-state index contributed by atoms with van der Waals surface area (Å²) in [5.41, 5.74) is 2.56. The quantitative estimate of drug-likeness (QED) is 0.486. The van der Waals surface area contributed by atoms with Crippen LogP contribution in [0.15, 0.2) is 53.7 Å². The maximum Gasteiger partial charge on any atom is 0.189 e.